The molecule has 1 heterocycles. The third-order valence-corrected chi connectivity index (χ3v) is 3.26. The molecule has 0 radical (unpaired) electrons. The lowest BCUT2D eigenvalue weighted by Crippen LogP contribution is -2.32. The van der Waals surface area contributed by atoms with Gasteiger partial charge in [0.15, 0.2) is 5.82 Å². The molecule has 0 fully saturated rings. The summed E-state index contributed by atoms with van der Waals surface area (Å²) < 4.78 is 0. The summed E-state index contributed by atoms with van der Waals surface area (Å²) in [7, 11) is 2.04. The van der Waals surface area contributed by atoms with Crippen LogP contribution < -0.4 is 10.6 Å². The SMILES string of the molecule is CSCC(C)N(C)c1nc(C)ccc1N. The van der Waals surface area contributed by atoms with Crippen LogP contribution in [0.15, 0.2) is 12.1 Å². The fourth-order valence-electron chi connectivity index (χ4n) is 1.40. The van der Waals surface area contributed by atoms with E-state index in [1.165, 1.54) is 0 Å². The van der Waals surface area contributed by atoms with Crippen LogP contribution in [0.3, 0.4) is 0 Å². The molecule has 0 amide bonds. The van der Waals surface area contributed by atoms with Gasteiger partial charge in [-0.05, 0) is 32.2 Å². The number of hydrogen-bond acceptors (Lipinski definition) is 4. The Hall–Kier alpha value is -0.900. The first-order chi connectivity index (χ1) is 7.06. The number of pyridine rings is 1. The molecule has 1 aromatic rings. The Bertz CT molecular complexity index is 328. The Labute approximate surface area is 96.1 Å². The van der Waals surface area contributed by atoms with Crippen molar-refractivity contribution in [3.63, 3.8) is 0 Å². The predicted molar refractivity (Wildman–Crippen MR) is 69.6 cm³/mol. The van der Waals surface area contributed by atoms with Crippen molar-refractivity contribution in [2.75, 3.05) is 29.7 Å². The van der Waals surface area contributed by atoms with Crippen LogP contribution in [0.2, 0.25) is 0 Å². The van der Waals surface area contributed by atoms with Crippen molar-refractivity contribution in [3.8, 4) is 0 Å². The molecule has 1 atom stereocenters. The van der Waals surface area contributed by atoms with Crippen molar-refractivity contribution >= 4 is 23.3 Å². The van der Waals surface area contributed by atoms with E-state index in [2.05, 4.69) is 23.1 Å². The third-order valence-electron chi connectivity index (χ3n) is 2.45. The number of aromatic nitrogens is 1. The number of hydrogen-bond donors (Lipinski definition) is 1. The predicted octanol–water partition coefficient (Wildman–Crippen LogP) is 2.16. The van der Waals surface area contributed by atoms with Gasteiger partial charge in [-0.25, -0.2) is 4.98 Å². The van der Waals surface area contributed by atoms with E-state index in [0.29, 0.717) is 6.04 Å². The number of nitrogens with two attached hydrogens (primary N) is 1. The molecule has 84 valence electrons. The highest BCUT2D eigenvalue weighted by Crippen LogP contribution is 2.22. The normalized spacial score (nSPS) is 12.5. The highest BCUT2D eigenvalue weighted by molar-refractivity contribution is 7.98. The van der Waals surface area contributed by atoms with E-state index in [-0.39, 0.29) is 0 Å². The minimum absolute atomic E-state index is 0.441. The first-order valence-electron chi connectivity index (χ1n) is 5.01. The van der Waals surface area contributed by atoms with Crippen molar-refractivity contribution in [1.82, 2.24) is 4.98 Å². The maximum Gasteiger partial charge on any atom is 0.152 e. The highest BCUT2D eigenvalue weighted by atomic mass is 32.2. The first-order valence-corrected chi connectivity index (χ1v) is 6.40. The molecular weight excluding hydrogens is 206 g/mol. The molecule has 0 bridgehead atoms. The Morgan fingerprint density at radius 3 is 2.80 bits per heavy atom. The van der Waals surface area contributed by atoms with Gasteiger partial charge < -0.3 is 10.6 Å². The molecule has 1 aromatic heterocycles. The molecule has 0 saturated carbocycles. The lowest BCUT2D eigenvalue weighted by Gasteiger charge is -2.26. The fourth-order valence-corrected chi connectivity index (χ4v) is 2.10. The highest BCUT2D eigenvalue weighted by Gasteiger charge is 2.13. The van der Waals surface area contributed by atoms with Crippen LogP contribution in [0, 0.1) is 6.92 Å². The van der Waals surface area contributed by atoms with Crippen LogP contribution >= 0.6 is 11.8 Å². The standard InChI is InChI=1S/C11H19N3S/c1-8-5-6-10(12)11(13-8)14(3)9(2)7-15-4/h5-6,9H,7,12H2,1-4H3. The second-order valence-corrected chi connectivity index (χ2v) is 4.69. The van der Waals surface area contributed by atoms with Crippen molar-refractivity contribution in [2.45, 2.75) is 19.9 Å². The summed E-state index contributed by atoms with van der Waals surface area (Å²) in [4.78, 5) is 6.61. The van der Waals surface area contributed by atoms with Gasteiger partial charge in [0.25, 0.3) is 0 Å². The van der Waals surface area contributed by atoms with Crippen LogP contribution in [0.1, 0.15) is 12.6 Å². The summed E-state index contributed by atoms with van der Waals surface area (Å²) in [6.07, 6.45) is 2.11. The number of nitrogens with zero attached hydrogens (tertiary/aromatic N) is 2. The van der Waals surface area contributed by atoms with Gasteiger partial charge in [0.2, 0.25) is 0 Å². The molecule has 0 aromatic carbocycles. The van der Waals surface area contributed by atoms with Crippen LogP contribution in [0.4, 0.5) is 11.5 Å². The summed E-state index contributed by atoms with van der Waals surface area (Å²) in [5, 5.41) is 0. The number of rotatable bonds is 4. The van der Waals surface area contributed by atoms with E-state index >= 15 is 0 Å². The molecule has 0 aliphatic rings. The van der Waals surface area contributed by atoms with Gasteiger partial charge in [-0.2, -0.15) is 11.8 Å². The zero-order chi connectivity index (χ0) is 11.4. The van der Waals surface area contributed by atoms with E-state index in [9.17, 15) is 0 Å². The van der Waals surface area contributed by atoms with Gasteiger partial charge in [0.1, 0.15) is 0 Å². The minimum Gasteiger partial charge on any atom is -0.396 e. The van der Waals surface area contributed by atoms with Gasteiger partial charge >= 0.3 is 0 Å². The molecule has 15 heavy (non-hydrogen) atoms. The zero-order valence-electron chi connectivity index (χ0n) is 9.82. The Morgan fingerprint density at radius 1 is 1.53 bits per heavy atom. The zero-order valence-corrected chi connectivity index (χ0v) is 10.6. The fraction of sp³-hybridized carbons (Fsp3) is 0.545. The largest absolute Gasteiger partial charge is 0.396 e. The Morgan fingerprint density at radius 2 is 2.20 bits per heavy atom. The lowest BCUT2D eigenvalue weighted by molar-refractivity contribution is 0.753. The number of thioether (sulfide) groups is 1. The molecule has 0 aliphatic heterocycles. The molecular formula is C11H19N3S. The van der Waals surface area contributed by atoms with Gasteiger partial charge in [-0.15, -0.1) is 0 Å². The molecule has 3 nitrogen and oxygen atoms in total. The molecule has 2 N–H and O–H groups in total. The van der Waals surface area contributed by atoms with Gasteiger partial charge in [0, 0.05) is 24.5 Å². The van der Waals surface area contributed by atoms with E-state index in [0.717, 1.165) is 23.0 Å². The maximum atomic E-state index is 5.91. The van der Waals surface area contributed by atoms with Crippen molar-refractivity contribution in [1.29, 1.82) is 0 Å². The Kier molecular flexibility index (Phi) is 4.27. The first kappa shape index (κ1) is 12.2. The quantitative estimate of drug-likeness (QED) is 0.852. The van der Waals surface area contributed by atoms with Crippen LogP contribution in [0.25, 0.3) is 0 Å². The van der Waals surface area contributed by atoms with Gasteiger partial charge in [-0.3, -0.25) is 0 Å². The van der Waals surface area contributed by atoms with E-state index in [4.69, 9.17) is 5.73 Å². The van der Waals surface area contributed by atoms with E-state index in [1.54, 1.807) is 0 Å². The molecule has 0 aliphatic carbocycles. The lowest BCUT2D eigenvalue weighted by atomic mass is 10.3. The van der Waals surface area contributed by atoms with Crippen LogP contribution in [-0.4, -0.2) is 30.1 Å². The van der Waals surface area contributed by atoms with Crippen molar-refractivity contribution in [3.05, 3.63) is 17.8 Å². The smallest absolute Gasteiger partial charge is 0.152 e. The number of aryl methyl sites for hydroxylation is 1. The monoisotopic (exact) mass is 225 g/mol. The van der Waals surface area contributed by atoms with Crippen LogP contribution in [0.5, 0.6) is 0 Å². The summed E-state index contributed by atoms with van der Waals surface area (Å²) in [6.45, 7) is 4.16. The Balaban J connectivity index is 2.89. The van der Waals surface area contributed by atoms with Crippen molar-refractivity contribution in [2.24, 2.45) is 0 Å². The van der Waals surface area contributed by atoms with E-state index in [1.807, 2.05) is 37.9 Å². The molecule has 0 saturated heterocycles. The molecule has 1 unspecified atom stereocenters. The molecule has 1 rings (SSSR count). The summed E-state index contributed by atoms with van der Waals surface area (Å²) >= 11 is 1.83. The molecule has 4 heteroatoms. The van der Waals surface area contributed by atoms with E-state index < -0.39 is 0 Å². The molecule has 0 spiro atoms. The average molecular weight is 225 g/mol. The third kappa shape index (κ3) is 3.02. The summed E-state index contributed by atoms with van der Waals surface area (Å²) in [6, 6.07) is 4.29. The van der Waals surface area contributed by atoms with Crippen molar-refractivity contribution < 1.29 is 0 Å². The second kappa shape index (κ2) is 5.26. The topological polar surface area (TPSA) is 42.2 Å². The number of anilines is 2. The summed E-state index contributed by atoms with van der Waals surface area (Å²) in [5.41, 5.74) is 7.66. The maximum absolute atomic E-state index is 5.91. The summed E-state index contributed by atoms with van der Waals surface area (Å²) in [5.74, 6) is 1.96. The van der Waals surface area contributed by atoms with Gasteiger partial charge in [-0.1, -0.05) is 0 Å². The number of nitrogen functional groups attached to an aromatic ring is 1. The second-order valence-electron chi connectivity index (χ2n) is 3.78. The minimum atomic E-state index is 0.441. The van der Waals surface area contributed by atoms with Gasteiger partial charge in [0.05, 0.1) is 5.69 Å². The average Bonchev–Trinajstić information content (AvgIpc) is 2.21. The van der Waals surface area contributed by atoms with Crippen LogP contribution in [-0.2, 0) is 0 Å².